The van der Waals surface area contributed by atoms with E-state index >= 15 is 0 Å². The molecule has 3 aromatic carbocycles. The van der Waals surface area contributed by atoms with E-state index < -0.39 is 29.1 Å². The third kappa shape index (κ3) is 8.72. The molecule has 1 amide bonds. The molecule has 0 radical (unpaired) electrons. The van der Waals surface area contributed by atoms with E-state index in [1.807, 2.05) is 32.0 Å². The number of nitrogens with zero attached hydrogens (tertiary/aromatic N) is 2. The molecular weight excluding hydrogens is 613 g/mol. The van der Waals surface area contributed by atoms with E-state index in [0.29, 0.717) is 29.4 Å². The molecule has 0 bridgehead atoms. The molecular formula is C35H37F3N4O5. The standard InChI is InChI=1S/C35H37F3N4O5/c1-23-4-5-26(24(2)20-23)22-42-31(21-30(35(36,37)38)32(39)33(42)43)25-6-10-28(11-7-25)47-29-12-8-27(9-13-29)40-34(44)46-17-3-14-41-15-18-45-19-16-41/h4-13,20-21H,3,14-19,22,39H2,1-2H3,(H,40,44). The van der Waals surface area contributed by atoms with Crippen molar-refractivity contribution < 1.29 is 32.2 Å². The molecule has 1 saturated heterocycles. The summed E-state index contributed by atoms with van der Waals surface area (Å²) in [5, 5.41) is 2.68. The lowest BCUT2D eigenvalue weighted by Crippen LogP contribution is -2.37. The Bertz CT molecular complexity index is 1750. The van der Waals surface area contributed by atoms with Crippen LogP contribution in [0.4, 0.5) is 29.3 Å². The molecule has 1 aliphatic heterocycles. The van der Waals surface area contributed by atoms with Gasteiger partial charge in [0.15, 0.2) is 0 Å². The van der Waals surface area contributed by atoms with Crippen LogP contribution in [0.5, 0.6) is 11.5 Å². The highest BCUT2D eigenvalue weighted by molar-refractivity contribution is 5.84. The molecule has 5 rings (SSSR count). The topological polar surface area (TPSA) is 108 Å². The fourth-order valence-corrected chi connectivity index (χ4v) is 5.35. The molecule has 3 N–H and O–H groups in total. The number of pyridine rings is 1. The Balaban J connectivity index is 1.25. The van der Waals surface area contributed by atoms with Gasteiger partial charge in [-0.05, 0) is 91.6 Å². The number of anilines is 2. The third-order valence-electron chi connectivity index (χ3n) is 7.91. The van der Waals surface area contributed by atoms with E-state index in [2.05, 4.69) is 10.2 Å². The summed E-state index contributed by atoms with van der Waals surface area (Å²) in [7, 11) is 0. The fraction of sp³-hybridized carbons (Fsp3) is 0.314. The number of morpholine rings is 1. The van der Waals surface area contributed by atoms with Crippen molar-refractivity contribution in [2.45, 2.75) is 33.0 Å². The summed E-state index contributed by atoms with van der Waals surface area (Å²) < 4.78 is 59.3. The number of carbonyl (C=O) groups excluding carboxylic acids is 1. The van der Waals surface area contributed by atoms with Gasteiger partial charge in [0.05, 0.1) is 37.6 Å². The highest BCUT2D eigenvalue weighted by atomic mass is 19.4. The van der Waals surface area contributed by atoms with Gasteiger partial charge in [0.1, 0.15) is 17.2 Å². The van der Waals surface area contributed by atoms with Crippen LogP contribution < -0.4 is 21.3 Å². The molecule has 4 aromatic rings. The van der Waals surface area contributed by atoms with Crippen LogP contribution in [0.3, 0.4) is 0 Å². The van der Waals surface area contributed by atoms with E-state index in [-0.39, 0.29) is 12.2 Å². The normalized spacial score (nSPS) is 13.7. The predicted molar refractivity (Wildman–Crippen MR) is 174 cm³/mol. The minimum absolute atomic E-state index is 0.0449. The second-order valence-electron chi connectivity index (χ2n) is 11.4. The number of aromatic nitrogens is 1. The molecule has 0 saturated carbocycles. The van der Waals surface area contributed by atoms with Gasteiger partial charge in [-0.15, -0.1) is 0 Å². The van der Waals surface area contributed by atoms with Crippen molar-refractivity contribution in [3.8, 4) is 22.8 Å². The highest BCUT2D eigenvalue weighted by Gasteiger charge is 2.35. The maximum atomic E-state index is 13.8. The quantitative estimate of drug-likeness (QED) is 0.181. The molecule has 0 unspecified atom stereocenters. The van der Waals surface area contributed by atoms with E-state index in [4.69, 9.17) is 19.9 Å². The minimum Gasteiger partial charge on any atom is -0.457 e. The Hall–Kier alpha value is -4.81. The molecule has 248 valence electrons. The molecule has 0 spiro atoms. The van der Waals surface area contributed by atoms with Crippen LogP contribution in [0.1, 0.15) is 28.7 Å². The highest BCUT2D eigenvalue weighted by Crippen LogP contribution is 2.35. The van der Waals surface area contributed by atoms with Crippen molar-refractivity contribution in [2.24, 2.45) is 0 Å². The summed E-state index contributed by atoms with van der Waals surface area (Å²) in [5.74, 6) is 0.893. The van der Waals surface area contributed by atoms with Crippen molar-refractivity contribution in [3.05, 3.63) is 105 Å². The maximum Gasteiger partial charge on any atom is 0.418 e. The molecule has 9 nitrogen and oxygen atoms in total. The monoisotopic (exact) mass is 650 g/mol. The number of benzene rings is 3. The summed E-state index contributed by atoms with van der Waals surface area (Å²) in [4.78, 5) is 27.7. The lowest BCUT2D eigenvalue weighted by atomic mass is 10.0. The van der Waals surface area contributed by atoms with E-state index in [0.717, 1.165) is 62.0 Å². The number of amides is 1. The lowest BCUT2D eigenvalue weighted by molar-refractivity contribution is -0.137. The zero-order valence-corrected chi connectivity index (χ0v) is 26.2. The van der Waals surface area contributed by atoms with Crippen molar-refractivity contribution in [1.29, 1.82) is 0 Å². The smallest absolute Gasteiger partial charge is 0.418 e. The number of rotatable bonds is 10. The molecule has 2 heterocycles. The zero-order valence-electron chi connectivity index (χ0n) is 26.2. The van der Waals surface area contributed by atoms with Gasteiger partial charge in [-0.3, -0.25) is 15.0 Å². The van der Waals surface area contributed by atoms with Crippen LogP contribution in [-0.2, 0) is 22.2 Å². The van der Waals surface area contributed by atoms with Gasteiger partial charge in [0.25, 0.3) is 5.56 Å². The average Bonchev–Trinajstić information content (AvgIpc) is 3.04. The first-order valence-corrected chi connectivity index (χ1v) is 15.3. The van der Waals surface area contributed by atoms with Gasteiger partial charge < -0.3 is 24.5 Å². The second-order valence-corrected chi connectivity index (χ2v) is 11.4. The SMILES string of the molecule is Cc1ccc(Cn2c(-c3ccc(Oc4ccc(NC(=O)OCCCN5CCOCC5)cc4)cc3)cc(C(F)(F)F)c(N)c2=O)c(C)c1. The Morgan fingerprint density at radius 3 is 2.26 bits per heavy atom. The summed E-state index contributed by atoms with van der Waals surface area (Å²) in [5.41, 5.74) is 6.48. The van der Waals surface area contributed by atoms with E-state index in [1.165, 1.54) is 4.57 Å². The summed E-state index contributed by atoms with van der Waals surface area (Å²) in [6, 6.07) is 19.6. The number of alkyl halides is 3. The first-order valence-electron chi connectivity index (χ1n) is 15.3. The molecule has 47 heavy (non-hydrogen) atoms. The number of ether oxygens (including phenoxy) is 3. The molecule has 0 atom stereocenters. The molecule has 0 aliphatic carbocycles. The predicted octanol–water partition coefficient (Wildman–Crippen LogP) is 6.84. The fourth-order valence-electron chi connectivity index (χ4n) is 5.35. The summed E-state index contributed by atoms with van der Waals surface area (Å²) in [6.45, 7) is 8.21. The van der Waals surface area contributed by atoms with Gasteiger partial charge in [-0.2, -0.15) is 13.2 Å². The van der Waals surface area contributed by atoms with Gasteiger partial charge >= 0.3 is 12.3 Å². The Morgan fingerprint density at radius 2 is 1.62 bits per heavy atom. The number of aryl methyl sites for hydroxylation is 2. The second kappa shape index (κ2) is 14.7. The molecule has 1 fully saturated rings. The van der Waals surface area contributed by atoms with Gasteiger partial charge in [0.2, 0.25) is 0 Å². The molecule has 12 heteroatoms. The van der Waals surface area contributed by atoms with Crippen molar-refractivity contribution in [1.82, 2.24) is 9.47 Å². The Labute approximate surface area is 270 Å². The number of nitrogens with one attached hydrogen (secondary N) is 1. The lowest BCUT2D eigenvalue weighted by Gasteiger charge is -2.26. The van der Waals surface area contributed by atoms with Crippen molar-refractivity contribution in [2.75, 3.05) is 50.5 Å². The molecule has 1 aromatic heterocycles. The van der Waals surface area contributed by atoms with Gasteiger partial charge in [-0.1, -0.05) is 23.8 Å². The largest absolute Gasteiger partial charge is 0.457 e. The summed E-state index contributed by atoms with van der Waals surface area (Å²) >= 11 is 0. The first-order chi connectivity index (χ1) is 22.5. The molecule has 1 aliphatic rings. The van der Waals surface area contributed by atoms with Crippen molar-refractivity contribution in [3.63, 3.8) is 0 Å². The number of carbonyl (C=O) groups is 1. The van der Waals surface area contributed by atoms with E-state index in [1.54, 1.807) is 48.5 Å². The Kier molecular flexibility index (Phi) is 10.5. The van der Waals surface area contributed by atoms with Crippen LogP contribution in [0, 0.1) is 13.8 Å². The van der Waals surface area contributed by atoms with Crippen LogP contribution in [0.25, 0.3) is 11.3 Å². The van der Waals surface area contributed by atoms with E-state index in [9.17, 15) is 22.8 Å². The maximum absolute atomic E-state index is 13.8. The van der Waals surface area contributed by atoms with Gasteiger partial charge in [0, 0.05) is 25.3 Å². The van der Waals surface area contributed by atoms with Crippen LogP contribution in [0.2, 0.25) is 0 Å². The van der Waals surface area contributed by atoms with Crippen molar-refractivity contribution >= 4 is 17.5 Å². The zero-order chi connectivity index (χ0) is 33.6. The third-order valence-corrected chi connectivity index (χ3v) is 7.91. The average molecular weight is 651 g/mol. The minimum atomic E-state index is -4.80. The summed E-state index contributed by atoms with van der Waals surface area (Å²) in [6.07, 6.45) is -4.63. The van der Waals surface area contributed by atoms with Crippen LogP contribution in [0.15, 0.2) is 77.6 Å². The van der Waals surface area contributed by atoms with Crippen LogP contribution in [-0.4, -0.2) is 55.0 Å². The van der Waals surface area contributed by atoms with Gasteiger partial charge in [-0.25, -0.2) is 4.79 Å². The number of hydrogen-bond acceptors (Lipinski definition) is 7. The number of nitrogen functional groups attached to an aromatic ring is 1. The Morgan fingerprint density at radius 1 is 0.957 bits per heavy atom. The number of hydrogen-bond donors (Lipinski definition) is 2. The van der Waals surface area contributed by atoms with Crippen LogP contribution >= 0.6 is 0 Å². The first kappa shape index (κ1) is 33.6. The number of halogens is 3. The number of nitrogens with two attached hydrogens (primary N) is 1.